The predicted molar refractivity (Wildman–Crippen MR) is 79.1 cm³/mol. The highest BCUT2D eigenvalue weighted by Gasteiger charge is 2.33. The number of nitrogens with one attached hydrogen (secondary N) is 1. The number of para-hydroxylation sites is 1. The molecule has 2 rings (SSSR count). The number of alkyl halides is 3. The van der Waals surface area contributed by atoms with Gasteiger partial charge in [-0.1, -0.05) is 40.2 Å². The summed E-state index contributed by atoms with van der Waals surface area (Å²) in [5.74, 6) is 5.53. The lowest BCUT2D eigenvalue weighted by atomic mass is 10.1. The molecule has 0 amide bonds. The third-order valence-electron chi connectivity index (χ3n) is 2.68. The van der Waals surface area contributed by atoms with Crippen LogP contribution in [-0.4, -0.2) is 5.84 Å². The summed E-state index contributed by atoms with van der Waals surface area (Å²) in [5.41, 5.74) is 2.38. The highest BCUT2D eigenvalue weighted by Crippen LogP contribution is 2.35. The van der Waals surface area contributed by atoms with Gasteiger partial charge in [-0.2, -0.15) is 13.2 Å². The highest BCUT2D eigenvalue weighted by molar-refractivity contribution is 9.10. The van der Waals surface area contributed by atoms with Crippen molar-refractivity contribution >= 4 is 27.5 Å². The second kappa shape index (κ2) is 6.28. The molecule has 7 heteroatoms. The summed E-state index contributed by atoms with van der Waals surface area (Å²) < 4.78 is 38.7. The van der Waals surface area contributed by atoms with Crippen molar-refractivity contribution in [1.82, 2.24) is 5.43 Å². The molecule has 2 aromatic rings. The fourth-order valence-corrected chi connectivity index (χ4v) is 2.17. The fourth-order valence-electron chi connectivity index (χ4n) is 1.70. The summed E-state index contributed by atoms with van der Waals surface area (Å²) in [6, 6.07) is 12.6. The number of benzene rings is 2. The van der Waals surface area contributed by atoms with Gasteiger partial charge in [-0.25, -0.2) is 10.8 Å². The molecule has 0 bridgehead atoms. The molecule has 0 saturated heterocycles. The van der Waals surface area contributed by atoms with E-state index in [1.54, 1.807) is 24.3 Å². The first-order chi connectivity index (χ1) is 9.91. The molecule has 0 aliphatic rings. The molecule has 110 valence electrons. The molecular formula is C14H11BrF3N3. The third-order valence-corrected chi connectivity index (χ3v) is 3.37. The number of rotatable bonds is 2. The van der Waals surface area contributed by atoms with E-state index in [2.05, 4.69) is 26.3 Å². The van der Waals surface area contributed by atoms with Crippen LogP contribution in [0, 0.1) is 0 Å². The van der Waals surface area contributed by atoms with Crippen LogP contribution < -0.4 is 11.3 Å². The maximum atomic E-state index is 12.9. The van der Waals surface area contributed by atoms with Crippen LogP contribution in [0.4, 0.5) is 18.9 Å². The molecule has 0 aliphatic carbocycles. The van der Waals surface area contributed by atoms with Gasteiger partial charge in [0.15, 0.2) is 0 Å². The topological polar surface area (TPSA) is 50.4 Å². The molecule has 0 aromatic heterocycles. The van der Waals surface area contributed by atoms with Crippen molar-refractivity contribution in [3.05, 3.63) is 64.1 Å². The van der Waals surface area contributed by atoms with E-state index in [9.17, 15) is 13.2 Å². The largest absolute Gasteiger partial charge is 0.417 e. The normalized spacial score (nSPS) is 12.3. The Bertz CT molecular complexity index is 654. The number of halogens is 4. The Kier molecular flexibility index (Phi) is 4.64. The lowest BCUT2D eigenvalue weighted by Crippen LogP contribution is -2.31. The van der Waals surface area contributed by atoms with Crippen LogP contribution >= 0.6 is 15.9 Å². The van der Waals surface area contributed by atoms with E-state index < -0.39 is 11.7 Å². The molecule has 0 unspecified atom stereocenters. The predicted octanol–water partition coefficient (Wildman–Crippen LogP) is 4.01. The van der Waals surface area contributed by atoms with Crippen LogP contribution in [0.5, 0.6) is 0 Å². The summed E-state index contributed by atoms with van der Waals surface area (Å²) in [4.78, 5) is 4.20. The van der Waals surface area contributed by atoms with Gasteiger partial charge < -0.3 is 5.43 Å². The average Bonchev–Trinajstić information content (AvgIpc) is 2.45. The molecule has 0 heterocycles. The number of hydrazine groups is 1. The number of hydrogen-bond acceptors (Lipinski definition) is 2. The quantitative estimate of drug-likeness (QED) is 0.369. The fraction of sp³-hybridized carbons (Fsp3) is 0.0714. The maximum absolute atomic E-state index is 12.9. The minimum absolute atomic E-state index is 0.0326. The molecule has 0 atom stereocenters. The first-order valence-corrected chi connectivity index (χ1v) is 6.68. The monoisotopic (exact) mass is 357 g/mol. The van der Waals surface area contributed by atoms with E-state index in [4.69, 9.17) is 5.84 Å². The number of hydrogen-bond donors (Lipinski definition) is 2. The van der Waals surface area contributed by atoms with Crippen molar-refractivity contribution in [3.63, 3.8) is 0 Å². The molecular weight excluding hydrogens is 347 g/mol. The molecule has 3 nitrogen and oxygen atoms in total. The van der Waals surface area contributed by atoms with E-state index in [-0.39, 0.29) is 15.9 Å². The highest BCUT2D eigenvalue weighted by atomic mass is 79.9. The molecule has 0 saturated carbocycles. The Morgan fingerprint density at radius 1 is 1.10 bits per heavy atom. The van der Waals surface area contributed by atoms with Gasteiger partial charge in [-0.15, -0.1) is 0 Å². The summed E-state index contributed by atoms with van der Waals surface area (Å²) >= 11 is 2.89. The number of nitrogens with zero attached hydrogens (tertiary/aromatic N) is 1. The van der Waals surface area contributed by atoms with Crippen molar-refractivity contribution in [2.45, 2.75) is 6.18 Å². The number of amidine groups is 1. The zero-order chi connectivity index (χ0) is 15.5. The molecule has 21 heavy (non-hydrogen) atoms. The van der Waals surface area contributed by atoms with Gasteiger partial charge in [-0.05, 0) is 24.3 Å². The summed E-state index contributed by atoms with van der Waals surface area (Å²) in [6.45, 7) is 0. The van der Waals surface area contributed by atoms with Crippen LogP contribution in [0.15, 0.2) is 58.0 Å². The van der Waals surface area contributed by atoms with Gasteiger partial charge in [0.25, 0.3) is 0 Å². The average molecular weight is 358 g/mol. The lowest BCUT2D eigenvalue weighted by Gasteiger charge is -2.12. The maximum Gasteiger partial charge on any atom is 0.417 e. The van der Waals surface area contributed by atoms with Gasteiger partial charge in [0, 0.05) is 10.0 Å². The zero-order valence-corrected chi connectivity index (χ0v) is 12.2. The second-order valence-corrected chi connectivity index (χ2v) is 4.99. The Labute approximate surface area is 127 Å². The van der Waals surface area contributed by atoms with Crippen molar-refractivity contribution in [1.29, 1.82) is 0 Å². The SMILES string of the molecule is NNC(=Nc1ccccc1)c1ccc(Br)c(C(F)(F)F)c1. The van der Waals surface area contributed by atoms with Gasteiger partial charge in [0.05, 0.1) is 11.3 Å². The Morgan fingerprint density at radius 3 is 2.33 bits per heavy atom. The Balaban J connectivity index is 2.47. The molecule has 0 spiro atoms. The summed E-state index contributed by atoms with van der Waals surface area (Å²) in [7, 11) is 0. The summed E-state index contributed by atoms with van der Waals surface area (Å²) in [5, 5.41) is 0. The number of nitrogens with two attached hydrogens (primary N) is 1. The standard InChI is InChI=1S/C14H11BrF3N3/c15-12-7-6-9(8-11(12)14(16,17)18)13(21-19)20-10-4-2-1-3-5-10/h1-8H,19H2,(H,20,21). The van der Waals surface area contributed by atoms with Crippen molar-refractivity contribution in [3.8, 4) is 0 Å². The zero-order valence-electron chi connectivity index (χ0n) is 10.7. The summed E-state index contributed by atoms with van der Waals surface area (Å²) in [6.07, 6.45) is -4.46. The molecule has 0 aliphatic heterocycles. The van der Waals surface area contributed by atoms with E-state index in [0.717, 1.165) is 6.07 Å². The van der Waals surface area contributed by atoms with E-state index in [1.165, 1.54) is 12.1 Å². The van der Waals surface area contributed by atoms with Crippen molar-refractivity contribution < 1.29 is 13.2 Å². The molecule has 3 N–H and O–H groups in total. The lowest BCUT2D eigenvalue weighted by molar-refractivity contribution is -0.138. The van der Waals surface area contributed by atoms with Crippen LogP contribution in [-0.2, 0) is 6.18 Å². The third kappa shape index (κ3) is 3.83. The molecule has 0 radical (unpaired) electrons. The molecule has 0 fully saturated rings. The second-order valence-electron chi connectivity index (χ2n) is 4.13. The van der Waals surface area contributed by atoms with Crippen LogP contribution in [0.2, 0.25) is 0 Å². The minimum atomic E-state index is -4.46. The first-order valence-electron chi connectivity index (χ1n) is 5.89. The smallest absolute Gasteiger partial charge is 0.308 e. The van der Waals surface area contributed by atoms with Gasteiger partial charge in [0.1, 0.15) is 5.84 Å². The van der Waals surface area contributed by atoms with E-state index in [0.29, 0.717) is 5.69 Å². The van der Waals surface area contributed by atoms with Crippen LogP contribution in [0.1, 0.15) is 11.1 Å². The number of aliphatic imine (C=N–C) groups is 1. The van der Waals surface area contributed by atoms with Gasteiger partial charge >= 0.3 is 6.18 Å². The molecule has 2 aromatic carbocycles. The Hall–Kier alpha value is -1.86. The first kappa shape index (κ1) is 15.5. The van der Waals surface area contributed by atoms with Gasteiger partial charge in [0.2, 0.25) is 0 Å². The van der Waals surface area contributed by atoms with Gasteiger partial charge in [-0.3, -0.25) is 0 Å². The van der Waals surface area contributed by atoms with E-state index in [1.807, 2.05) is 6.07 Å². The Morgan fingerprint density at radius 2 is 1.76 bits per heavy atom. The van der Waals surface area contributed by atoms with Crippen molar-refractivity contribution in [2.24, 2.45) is 10.8 Å². The van der Waals surface area contributed by atoms with E-state index >= 15 is 0 Å². The van der Waals surface area contributed by atoms with Crippen LogP contribution in [0.3, 0.4) is 0 Å². The minimum Gasteiger partial charge on any atom is -0.308 e. The van der Waals surface area contributed by atoms with Crippen molar-refractivity contribution in [2.75, 3.05) is 0 Å². The van der Waals surface area contributed by atoms with Crippen LogP contribution in [0.25, 0.3) is 0 Å².